The number of carbonyl (C=O) groups is 1. The summed E-state index contributed by atoms with van der Waals surface area (Å²) in [5.74, 6) is 1.61. The van der Waals surface area contributed by atoms with Crippen LogP contribution in [0.4, 0.5) is 5.95 Å². The van der Waals surface area contributed by atoms with Crippen LogP contribution in [0.5, 0.6) is 11.5 Å². The Balaban J connectivity index is 1.95. The topological polar surface area (TPSA) is 87.3 Å². The van der Waals surface area contributed by atoms with E-state index in [2.05, 4.69) is 9.97 Å². The largest absolute Gasteiger partial charge is 0.493 e. The number of fused-ring (bicyclic) bond motifs is 1. The summed E-state index contributed by atoms with van der Waals surface area (Å²) in [6, 6.07) is 5.71. The number of ether oxygens (including phenoxy) is 2. The molecule has 6 nitrogen and oxygen atoms in total. The molecule has 1 aromatic heterocycles. The van der Waals surface area contributed by atoms with Crippen molar-refractivity contribution in [3.8, 4) is 11.5 Å². The highest BCUT2D eigenvalue weighted by atomic mass is 16.5. The van der Waals surface area contributed by atoms with E-state index in [0.717, 1.165) is 5.56 Å². The van der Waals surface area contributed by atoms with Crippen LogP contribution in [0.25, 0.3) is 0 Å². The molecule has 0 amide bonds. The Morgan fingerprint density at radius 3 is 2.68 bits per heavy atom. The molecule has 1 aliphatic carbocycles. The zero-order valence-electron chi connectivity index (χ0n) is 12.5. The zero-order valence-corrected chi connectivity index (χ0v) is 12.5. The quantitative estimate of drug-likeness (QED) is 0.932. The zero-order chi connectivity index (χ0) is 15.7. The number of Topliss-reactive ketones (excluding diaryl/α,β-unsaturated/α-hetero) is 1. The summed E-state index contributed by atoms with van der Waals surface area (Å²) in [6.45, 7) is 0. The molecule has 1 heterocycles. The first kappa shape index (κ1) is 14.3. The van der Waals surface area contributed by atoms with E-state index in [1.165, 1.54) is 6.20 Å². The number of nitrogen functional groups attached to an aromatic ring is 1. The number of carbonyl (C=O) groups excluding carboxylic acids is 1. The maximum absolute atomic E-state index is 12.3. The van der Waals surface area contributed by atoms with Crippen LogP contribution in [0.15, 0.2) is 24.4 Å². The van der Waals surface area contributed by atoms with E-state index in [-0.39, 0.29) is 17.6 Å². The number of aromatic nitrogens is 2. The Morgan fingerprint density at radius 1 is 1.18 bits per heavy atom. The highest BCUT2D eigenvalue weighted by molar-refractivity contribution is 5.98. The van der Waals surface area contributed by atoms with Crippen molar-refractivity contribution in [2.24, 2.45) is 0 Å². The number of hydrogen-bond acceptors (Lipinski definition) is 6. The lowest BCUT2D eigenvalue weighted by atomic mass is 9.82. The van der Waals surface area contributed by atoms with Crippen molar-refractivity contribution in [2.75, 3.05) is 20.0 Å². The molecule has 0 spiro atoms. The number of benzene rings is 1. The molecule has 0 fully saturated rings. The van der Waals surface area contributed by atoms with Crippen molar-refractivity contribution in [3.05, 3.63) is 41.2 Å². The Kier molecular flexibility index (Phi) is 3.66. The molecule has 22 heavy (non-hydrogen) atoms. The smallest absolute Gasteiger partial charge is 0.220 e. The second-order valence-electron chi connectivity index (χ2n) is 5.23. The standard InChI is InChI=1S/C16H17N3O3/c1-21-14-4-3-9(7-15(14)22-2)10-5-12-11(13(20)6-10)8-18-16(17)19-12/h3-4,7-8,10H,5-6H2,1-2H3,(H2,17,18,19)/t10-/m0/s1. The second kappa shape index (κ2) is 5.63. The molecule has 3 rings (SSSR count). The van der Waals surface area contributed by atoms with Gasteiger partial charge in [-0.25, -0.2) is 9.97 Å². The second-order valence-corrected chi connectivity index (χ2v) is 5.23. The number of nitrogens with two attached hydrogens (primary N) is 1. The van der Waals surface area contributed by atoms with Gasteiger partial charge in [-0.1, -0.05) is 6.07 Å². The fraction of sp³-hybridized carbons (Fsp3) is 0.312. The third kappa shape index (κ3) is 2.47. The highest BCUT2D eigenvalue weighted by Gasteiger charge is 2.28. The van der Waals surface area contributed by atoms with Crippen molar-refractivity contribution < 1.29 is 14.3 Å². The Bertz CT molecular complexity index is 731. The van der Waals surface area contributed by atoms with Crippen LogP contribution in [0.3, 0.4) is 0 Å². The van der Waals surface area contributed by atoms with E-state index in [1.807, 2.05) is 18.2 Å². The van der Waals surface area contributed by atoms with Gasteiger partial charge in [0.1, 0.15) is 0 Å². The lowest BCUT2D eigenvalue weighted by Gasteiger charge is -2.23. The third-order valence-electron chi connectivity index (χ3n) is 3.94. The lowest BCUT2D eigenvalue weighted by Crippen LogP contribution is -2.21. The van der Waals surface area contributed by atoms with Crippen LogP contribution in [0, 0.1) is 0 Å². The minimum absolute atomic E-state index is 0.0426. The Morgan fingerprint density at radius 2 is 1.95 bits per heavy atom. The highest BCUT2D eigenvalue weighted by Crippen LogP contribution is 2.36. The molecule has 1 aliphatic rings. The summed E-state index contributed by atoms with van der Waals surface area (Å²) in [5.41, 5.74) is 7.93. The van der Waals surface area contributed by atoms with Crippen molar-refractivity contribution >= 4 is 11.7 Å². The number of methoxy groups -OCH3 is 2. The number of hydrogen-bond donors (Lipinski definition) is 1. The van der Waals surface area contributed by atoms with Gasteiger partial charge in [0, 0.05) is 12.6 Å². The predicted octanol–water partition coefficient (Wildman–Crippen LogP) is 1.99. The van der Waals surface area contributed by atoms with E-state index in [1.54, 1.807) is 14.2 Å². The molecule has 0 unspecified atom stereocenters. The summed E-state index contributed by atoms with van der Waals surface area (Å²) in [5, 5.41) is 0. The molecule has 0 bridgehead atoms. The van der Waals surface area contributed by atoms with E-state index in [9.17, 15) is 4.79 Å². The molecule has 1 aromatic carbocycles. The minimum Gasteiger partial charge on any atom is -0.493 e. The minimum atomic E-state index is 0.0426. The molecule has 2 N–H and O–H groups in total. The monoisotopic (exact) mass is 299 g/mol. The van der Waals surface area contributed by atoms with Gasteiger partial charge in [0.15, 0.2) is 17.3 Å². The van der Waals surface area contributed by atoms with E-state index in [0.29, 0.717) is 35.6 Å². The van der Waals surface area contributed by atoms with Gasteiger partial charge in [0.05, 0.1) is 25.5 Å². The maximum Gasteiger partial charge on any atom is 0.220 e. The molecule has 6 heteroatoms. The normalized spacial score (nSPS) is 17.0. The van der Waals surface area contributed by atoms with Crippen molar-refractivity contribution in [2.45, 2.75) is 18.8 Å². The number of anilines is 1. The third-order valence-corrected chi connectivity index (χ3v) is 3.94. The lowest BCUT2D eigenvalue weighted by molar-refractivity contribution is 0.0962. The van der Waals surface area contributed by atoms with Gasteiger partial charge < -0.3 is 15.2 Å². The molecule has 0 saturated carbocycles. The van der Waals surface area contributed by atoms with E-state index < -0.39 is 0 Å². The van der Waals surface area contributed by atoms with Crippen LogP contribution in [0.2, 0.25) is 0 Å². The first-order valence-corrected chi connectivity index (χ1v) is 6.99. The molecular formula is C16H17N3O3. The summed E-state index contributed by atoms with van der Waals surface area (Å²) in [4.78, 5) is 20.4. The summed E-state index contributed by atoms with van der Waals surface area (Å²) in [7, 11) is 3.19. The van der Waals surface area contributed by atoms with Gasteiger partial charge in [-0.3, -0.25) is 4.79 Å². The average molecular weight is 299 g/mol. The Labute approximate surface area is 128 Å². The Hall–Kier alpha value is -2.63. The van der Waals surface area contributed by atoms with Crippen LogP contribution in [0.1, 0.15) is 34.0 Å². The van der Waals surface area contributed by atoms with Gasteiger partial charge in [0.25, 0.3) is 0 Å². The van der Waals surface area contributed by atoms with Crippen LogP contribution >= 0.6 is 0 Å². The molecular weight excluding hydrogens is 282 g/mol. The predicted molar refractivity (Wildman–Crippen MR) is 81.4 cm³/mol. The van der Waals surface area contributed by atoms with Gasteiger partial charge in [-0.05, 0) is 30.0 Å². The molecule has 114 valence electrons. The van der Waals surface area contributed by atoms with Crippen molar-refractivity contribution in [1.29, 1.82) is 0 Å². The average Bonchev–Trinajstić information content (AvgIpc) is 2.53. The SMILES string of the molecule is COc1ccc([C@@H]2CC(=O)c3cnc(N)nc3C2)cc1OC. The fourth-order valence-corrected chi connectivity index (χ4v) is 2.80. The number of rotatable bonds is 3. The van der Waals surface area contributed by atoms with E-state index in [4.69, 9.17) is 15.2 Å². The van der Waals surface area contributed by atoms with Gasteiger partial charge in [-0.2, -0.15) is 0 Å². The van der Waals surface area contributed by atoms with Crippen molar-refractivity contribution in [3.63, 3.8) is 0 Å². The molecule has 2 aromatic rings. The fourth-order valence-electron chi connectivity index (χ4n) is 2.80. The maximum atomic E-state index is 12.3. The van der Waals surface area contributed by atoms with Gasteiger partial charge >= 0.3 is 0 Å². The van der Waals surface area contributed by atoms with Crippen LogP contribution in [-0.2, 0) is 6.42 Å². The first-order valence-electron chi connectivity index (χ1n) is 6.99. The van der Waals surface area contributed by atoms with E-state index >= 15 is 0 Å². The van der Waals surface area contributed by atoms with Crippen LogP contribution < -0.4 is 15.2 Å². The number of nitrogens with zero attached hydrogens (tertiary/aromatic N) is 2. The number of ketones is 1. The van der Waals surface area contributed by atoms with Crippen LogP contribution in [-0.4, -0.2) is 30.0 Å². The molecule has 1 atom stereocenters. The molecule has 0 aliphatic heterocycles. The van der Waals surface area contributed by atoms with Gasteiger partial charge in [0.2, 0.25) is 5.95 Å². The molecule has 0 radical (unpaired) electrons. The van der Waals surface area contributed by atoms with Gasteiger partial charge in [-0.15, -0.1) is 0 Å². The first-order chi connectivity index (χ1) is 10.6. The van der Waals surface area contributed by atoms with Crippen molar-refractivity contribution in [1.82, 2.24) is 9.97 Å². The summed E-state index contributed by atoms with van der Waals surface area (Å²) in [6.07, 6.45) is 2.60. The summed E-state index contributed by atoms with van der Waals surface area (Å²) >= 11 is 0. The molecule has 0 saturated heterocycles. The summed E-state index contributed by atoms with van der Waals surface area (Å²) < 4.78 is 10.6.